The lowest BCUT2D eigenvalue weighted by Crippen LogP contribution is -2.25. The Balaban J connectivity index is 2.67. The number of aliphatic hydroxyl groups excluding tert-OH is 1. The van der Waals surface area contributed by atoms with Gasteiger partial charge in [-0.3, -0.25) is 0 Å². The standard InChI is InChI=1S/C13H20F2N2O/c1-13(2,3)6-8(18)7-17-12-10(16)5-4-9(14)11(12)15/h4-5,8,17-18H,6-7,16H2,1-3H3. The number of hydrogen-bond donors (Lipinski definition) is 3. The lowest BCUT2D eigenvalue weighted by molar-refractivity contribution is 0.132. The van der Waals surface area contributed by atoms with Gasteiger partial charge in [-0.2, -0.15) is 0 Å². The fourth-order valence-corrected chi connectivity index (χ4v) is 1.74. The predicted molar refractivity (Wildman–Crippen MR) is 69.3 cm³/mol. The van der Waals surface area contributed by atoms with Gasteiger partial charge in [0.2, 0.25) is 0 Å². The zero-order chi connectivity index (χ0) is 13.9. The van der Waals surface area contributed by atoms with E-state index in [0.717, 1.165) is 6.07 Å². The van der Waals surface area contributed by atoms with Crippen LogP contribution in [-0.2, 0) is 0 Å². The van der Waals surface area contributed by atoms with Crippen molar-refractivity contribution in [3.8, 4) is 0 Å². The molecule has 1 aromatic rings. The second-order valence-corrected chi connectivity index (χ2v) is 5.63. The van der Waals surface area contributed by atoms with Gasteiger partial charge in [-0.05, 0) is 24.0 Å². The minimum Gasteiger partial charge on any atom is -0.397 e. The lowest BCUT2D eigenvalue weighted by Gasteiger charge is -2.23. The van der Waals surface area contributed by atoms with Crippen molar-refractivity contribution < 1.29 is 13.9 Å². The Morgan fingerprint density at radius 3 is 2.50 bits per heavy atom. The van der Waals surface area contributed by atoms with Crippen molar-refractivity contribution in [1.82, 2.24) is 0 Å². The number of rotatable bonds is 4. The molecule has 5 heteroatoms. The summed E-state index contributed by atoms with van der Waals surface area (Å²) in [6, 6.07) is 2.26. The van der Waals surface area contributed by atoms with Gasteiger partial charge in [0, 0.05) is 6.54 Å². The van der Waals surface area contributed by atoms with Gasteiger partial charge in [0.05, 0.1) is 17.5 Å². The molecular formula is C13H20F2N2O. The van der Waals surface area contributed by atoms with Crippen molar-refractivity contribution in [2.45, 2.75) is 33.3 Å². The van der Waals surface area contributed by atoms with Crippen LogP contribution in [0.3, 0.4) is 0 Å². The molecule has 1 aromatic carbocycles. The SMILES string of the molecule is CC(C)(C)CC(O)CNc1c(N)ccc(F)c1F. The highest BCUT2D eigenvalue weighted by Gasteiger charge is 2.18. The van der Waals surface area contributed by atoms with Crippen LogP contribution >= 0.6 is 0 Å². The molecule has 1 unspecified atom stereocenters. The monoisotopic (exact) mass is 258 g/mol. The molecule has 0 saturated heterocycles. The van der Waals surface area contributed by atoms with Crippen LogP contribution in [0.2, 0.25) is 0 Å². The molecule has 4 N–H and O–H groups in total. The summed E-state index contributed by atoms with van der Waals surface area (Å²) < 4.78 is 26.5. The topological polar surface area (TPSA) is 58.3 Å². The second kappa shape index (κ2) is 5.52. The number of nitrogens with two attached hydrogens (primary N) is 1. The largest absolute Gasteiger partial charge is 0.397 e. The van der Waals surface area contributed by atoms with Crippen molar-refractivity contribution >= 4 is 11.4 Å². The van der Waals surface area contributed by atoms with Gasteiger partial charge in [-0.1, -0.05) is 20.8 Å². The zero-order valence-corrected chi connectivity index (χ0v) is 10.9. The number of nitrogens with one attached hydrogen (secondary N) is 1. The second-order valence-electron chi connectivity index (χ2n) is 5.63. The number of benzene rings is 1. The maximum atomic E-state index is 13.5. The summed E-state index contributed by atoms with van der Waals surface area (Å²) >= 11 is 0. The molecule has 0 heterocycles. The average molecular weight is 258 g/mol. The van der Waals surface area contributed by atoms with Crippen molar-refractivity contribution in [3.63, 3.8) is 0 Å². The van der Waals surface area contributed by atoms with Crippen LogP contribution in [0.4, 0.5) is 20.2 Å². The first kappa shape index (κ1) is 14.7. The Kier molecular flexibility index (Phi) is 4.51. The highest BCUT2D eigenvalue weighted by Crippen LogP contribution is 2.25. The van der Waals surface area contributed by atoms with E-state index in [4.69, 9.17) is 5.73 Å². The molecule has 102 valence electrons. The molecule has 18 heavy (non-hydrogen) atoms. The fourth-order valence-electron chi connectivity index (χ4n) is 1.74. The number of anilines is 2. The van der Waals surface area contributed by atoms with Crippen LogP contribution < -0.4 is 11.1 Å². The maximum Gasteiger partial charge on any atom is 0.183 e. The highest BCUT2D eigenvalue weighted by molar-refractivity contribution is 5.66. The molecule has 0 aliphatic carbocycles. The summed E-state index contributed by atoms with van der Waals surface area (Å²) in [4.78, 5) is 0. The molecule has 1 rings (SSSR count). The van der Waals surface area contributed by atoms with E-state index in [1.807, 2.05) is 20.8 Å². The molecule has 0 aromatic heterocycles. The fraction of sp³-hybridized carbons (Fsp3) is 0.538. The molecule has 0 amide bonds. The number of aliphatic hydroxyl groups is 1. The summed E-state index contributed by atoms with van der Waals surface area (Å²) in [6.07, 6.45) is -0.0938. The normalized spacial score (nSPS) is 13.4. The predicted octanol–water partition coefficient (Wildman–Crippen LogP) is 2.76. The minimum atomic E-state index is -1.02. The molecule has 0 aliphatic rings. The third-order valence-corrected chi connectivity index (χ3v) is 2.49. The zero-order valence-electron chi connectivity index (χ0n) is 10.9. The number of hydrogen-bond acceptors (Lipinski definition) is 3. The van der Waals surface area contributed by atoms with Gasteiger partial charge >= 0.3 is 0 Å². The van der Waals surface area contributed by atoms with Crippen LogP contribution in [0.15, 0.2) is 12.1 Å². The molecule has 0 fully saturated rings. The smallest absolute Gasteiger partial charge is 0.183 e. The Morgan fingerprint density at radius 2 is 1.94 bits per heavy atom. The van der Waals surface area contributed by atoms with Gasteiger partial charge in [-0.15, -0.1) is 0 Å². The van der Waals surface area contributed by atoms with Crippen LogP contribution in [0.5, 0.6) is 0 Å². The molecule has 0 saturated carbocycles. The summed E-state index contributed by atoms with van der Waals surface area (Å²) in [5.74, 6) is -1.98. The summed E-state index contributed by atoms with van der Waals surface area (Å²) in [5.41, 5.74) is 5.55. The average Bonchev–Trinajstić information content (AvgIpc) is 2.21. The van der Waals surface area contributed by atoms with Crippen molar-refractivity contribution in [2.75, 3.05) is 17.6 Å². The van der Waals surface area contributed by atoms with Gasteiger partial charge in [-0.25, -0.2) is 8.78 Å². The number of halogens is 2. The van der Waals surface area contributed by atoms with E-state index in [9.17, 15) is 13.9 Å². The molecule has 3 nitrogen and oxygen atoms in total. The van der Waals surface area contributed by atoms with Crippen molar-refractivity contribution in [2.24, 2.45) is 5.41 Å². The van der Waals surface area contributed by atoms with Gasteiger partial charge in [0.15, 0.2) is 11.6 Å². The first-order valence-electron chi connectivity index (χ1n) is 5.86. The lowest BCUT2D eigenvalue weighted by atomic mass is 9.89. The van der Waals surface area contributed by atoms with Crippen LogP contribution in [0.25, 0.3) is 0 Å². The van der Waals surface area contributed by atoms with Gasteiger partial charge in [0.25, 0.3) is 0 Å². The Labute approximate surface area is 106 Å². The van der Waals surface area contributed by atoms with Crippen molar-refractivity contribution in [1.29, 1.82) is 0 Å². The van der Waals surface area contributed by atoms with E-state index in [1.54, 1.807) is 0 Å². The molecule has 1 atom stereocenters. The summed E-state index contributed by atoms with van der Waals surface area (Å²) in [5, 5.41) is 12.4. The van der Waals surface area contributed by atoms with Gasteiger partial charge < -0.3 is 16.2 Å². The van der Waals surface area contributed by atoms with E-state index >= 15 is 0 Å². The van der Waals surface area contributed by atoms with E-state index in [1.165, 1.54) is 6.07 Å². The van der Waals surface area contributed by atoms with Crippen molar-refractivity contribution in [3.05, 3.63) is 23.8 Å². The Bertz CT molecular complexity index is 416. The Morgan fingerprint density at radius 1 is 1.33 bits per heavy atom. The molecule has 0 aliphatic heterocycles. The van der Waals surface area contributed by atoms with Crippen LogP contribution in [0.1, 0.15) is 27.2 Å². The molecule has 0 bridgehead atoms. The molecule has 0 spiro atoms. The summed E-state index contributed by atoms with van der Waals surface area (Å²) in [6.45, 7) is 6.11. The molecular weight excluding hydrogens is 238 g/mol. The Hall–Kier alpha value is -1.36. The molecule has 0 radical (unpaired) electrons. The van der Waals surface area contributed by atoms with E-state index in [2.05, 4.69) is 5.32 Å². The van der Waals surface area contributed by atoms with E-state index in [-0.39, 0.29) is 23.3 Å². The third-order valence-electron chi connectivity index (χ3n) is 2.49. The first-order chi connectivity index (χ1) is 8.20. The first-order valence-corrected chi connectivity index (χ1v) is 5.86. The van der Waals surface area contributed by atoms with Crippen LogP contribution in [-0.4, -0.2) is 17.8 Å². The van der Waals surface area contributed by atoms with Crippen LogP contribution in [0, 0.1) is 17.0 Å². The minimum absolute atomic E-state index is 0.0346. The third kappa shape index (κ3) is 4.14. The number of nitrogen functional groups attached to an aromatic ring is 1. The van der Waals surface area contributed by atoms with E-state index < -0.39 is 17.7 Å². The quantitative estimate of drug-likeness (QED) is 0.728. The highest BCUT2D eigenvalue weighted by atomic mass is 19.2. The summed E-state index contributed by atoms with van der Waals surface area (Å²) in [7, 11) is 0. The maximum absolute atomic E-state index is 13.5. The van der Waals surface area contributed by atoms with Gasteiger partial charge in [0.1, 0.15) is 0 Å². The van der Waals surface area contributed by atoms with E-state index in [0.29, 0.717) is 6.42 Å².